The van der Waals surface area contributed by atoms with Crippen LogP contribution in [0.1, 0.15) is 24.0 Å². The molecule has 2 aromatic heterocycles. The topological polar surface area (TPSA) is 74.2 Å². The van der Waals surface area contributed by atoms with Crippen LogP contribution in [0.2, 0.25) is 0 Å². The van der Waals surface area contributed by atoms with Crippen LogP contribution in [0.5, 0.6) is 0 Å². The molecule has 0 spiro atoms. The van der Waals surface area contributed by atoms with Gasteiger partial charge in [0, 0.05) is 31.2 Å². The molecule has 170 valence electrons. The summed E-state index contributed by atoms with van der Waals surface area (Å²) in [4.78, 5) is 14.5. The highest BCUT2D eigenvalue weighted by Crippen LogP contribution is 2.38. The Labute approximate surface area is 177 Å². The molecule has 1 aromatic carbocycles. The number of benzene rings is 1. The van der Waals surface area contributed by atoms with Gasteiger partial charge in [-0.05, 0) is 37.1 Å². The van der Waals surface area contributed by atoms with E-state index in [9.17, 15) is 31.4 Å². The summed E-state index contributed by atoms with van der Waals surface area (Å²) in [5.74, 6) is 0.276. The van der Waals surface area contributed by atoms with Crippen molar-refractivity contribution in [1.82, 2.24) is 15.0 Å². The van der Waals surface area contributed by atoms with E-state index < -0.39 is 35.3 Å². The molecule has 2 N–H and O–H groups in total. The average Bonchev–Trinajstić information content (AvgIpc) is 2.73. The lowest BCUT2D eigenvalue weighted by molar-refractivity contribution is -0.143. The van der Waals surface area contributed by atoms with Crippen molar-refractivity contribution in [3.8, 4) is 0 Å². The van der Waals surface area contributed by atoms with Gasteiger partial charge in [0.05, 0.1) is 28.1 Å². The van der Waals surface area contributed by atoms with Crippen LogP contribution in [0.15, 0.2) is 36.7 Å². The molecule has 0 radical (unpaired) electrons. The number of aliphatic hydroxyl groups is 1. The van der Waals surface area contributed by atoms with Gasteiger partial charge in [0.1, 0.15) is 5.82 Å². The molecule has 1 fully saturated rings. The predicted octanol–water partition coefficient (Wildman–Crippen LogP) is 4.77. The van der Waals surface area contributed by atoms with Crippen molar-refractivity contribution < 1.29 is 31.4 Å². The zero-order valence-corrected chi connectivity index (χ0v) is 16.4. The zero-order valence-electron chi connectivity index (χ0n) is 16.4. The third kappa shape index (κ3) is 4.69. The first kappa shape index (κ1) is 22.1. The Kier molecular flexibility index (Phi) is 5.57. The number of hydrogen-bond donors (Lipinski definition) is 2. The van der Waals surface area contributed by atoms with E-state index in [1.165, 1.54) is 12.4 Å². The molecule has 0 bridgehead atoms. The van der Waals surface area contributed by atoms with Gasteiger partial charge < -0.3 is 15.3 Å². The van der Waals surface area contributed by atoms with Crippen LogP contribution >= 0.6 is 0 Å². The second-order valence-corrected chi connectivity index (χ2v) is 7.40. The van der Waals surface area contributed by atoms with Gasteiger partial charge in [0.15, 0.2) is 0 Å². The van der Waals surface area contributed by atoms with Gasteiger partial charge in [0.25, 0.3) is 0 Å². The van der Waals surface area contributed by atoms with E-state index in [-0.39, 0.29) is 17.8 Å². The highest BCUT2D eigenvalue weighted by atomic mass is 19.4. The maximum absolute atomic E-state index is 13.2. The van der Waals surface area contributed by atoms with Crippen LogP contribution in [-0.4, -0.2) is 39.3 Å². The minimum atomic E-state index is -4.97. The van der Waals surface area contributed by atoms with Gasteiger partial charge in [-0.1, -0.05) is 0 Å². The molecule has 3 aromatic rings. The molecule has 32 heavy (non-hydrogen) atoms. The quantitative estimate of drug-likeness (QED) is 0.553. The Morgan fingerprint density at radius 1 is 0.938 bits per heavy atom. The molecule has 1 saturated heterocycles. The van der Waals surface area contributed by atoms with Crippen molar-refractivity contribution in [3.63, 3.8) is 0 Å². The van der Waals surface area contributed by atoms with Crippen LogP contribution < -0.4 is 10.2 Å². The summed E-state index contributed by atoms with van der Waals surface area (Å²) in [6, 6.07) is 2.82. The highest BCUT2D eigenvalue weighted by molar-refractivity contribution is 5.91. The monoisotopic (exact) mass is 457 g/mol. The molecule has 6 nitrogen and oxygen atoms in total. The number of halogens is 6. The SMILES string of the molecule is OC1CCN(c2nc(Nc3cc(C(F)(F)F)cc(C(F)(F)F)c3)c3cnccc3n2)CC1. The Bertz CT molecular complexity index is 1090. The summed E-state index contributed by atoms with van der Waals surface area (Å²) in [5.41, 5.74) is -2.87. The molecule has 0 amide bonds. The summed E-state index contributed by atoms with van der Waals surface area (Å²) in [6.07, 6.45) is -6.56. The van der Waals surface area contributed by atoms with E-state index in [1.807, 2.05) is 0 Å². The van der Waals surface area contributed by atoms with E-state index in [2.05, 4.69) is 20.3 Å². The van der Waals surface area contributed by atoms with E-state index in [0.29, 0.717) is 49.0 Å². The summed E-state index contributed by atoms with van der Waals surface area (Å²) >= 11 is 0. The average molecular weight is 457 g/mol. The molecule has 4 rings (SSSR count). The van der Waals surface area contributed by atoms with Gasteiger partial charge in [0.2, 0.25) is 5.95 Å². The molecule has 12 heteroatoms. The maximum atomic E-state index is 13.2. The Morgan fingerprint density at radius 2 is 1.56 bits per heavy atom. The first-order valence-corrected chi connectivity index (χ1v) is 9.62. The third-order valence-corrected chi connectivity index (χ3v) is 5.08. The maximum Gasteiger partial charge on any atom is 0.416 e. The fraction of sp³-hybridized carbons (Fsp3) is 0.350. The highest BCUT2D eigenvalue weighted by Gasteiger charge is 2.37. The standard InChI is InChI=1S/C20H17F6N5O/c21-19(22,23)11-7-12(20(24,25)26)9-13(8-11)28-17-15-10-27-4-1-16(15)29-18(30-17)31-5-2-14(32)3-6-31/h1,4,7-10,14,32H,2-3,5-6H2,(H,28,29,30). The number of nitrogens with zero attached hydrogens (tertiary/aromatic N) is 4. The number of aromatic nitrogens is 3. The van der Waals surface area contributed by atoms with Gasteiger partial charge in [-0.2, -0.15) is 31.3 Å². The minimum absolute atomic E-state index is 0.0247. The molecular weight excluding hydrogens is 440 g/mol. The van der Waals surface area contributed by atoms with E-state index in [0.717, 1.165) is 0 Å². The van der Waals surface area contributed by atoms with Gasteiger partial charge in [-0.25, -0.2) is 4.98 Å². The van der Waals surface area contributed by atoms with Crippen molar-refractivity contribution in [3.05, 3.63) is 47.8 Å². The predicted molar refractivity (Wildman–Crippen MR) is 105 cm³/mol. The van der Waals surface area contributed by atoms with Gasteiger partial charge >= 0.3 is 12.4 Å². The number of aliphatic hydroxyl groups excluding tert-OH is 1. The first-order chi connectivity index (χ1) is 15.0. The van der Waals surface area contributed by atoms with Crippen LogP contribution in [0.25, 0.3) is 10.9 Å². The molecule has 1 aliphatic rings. The van der Waals surface area contributed by atoms with Crippen molar-refractivity contribution in [2.24, 2.45) is 0 Å². The molecule has 3 heterocycles. The van der Waals surface area contributed by atoms with Crippen molar-refractivity contribution in [2.75, 3.05) is 23.3 Å². The summed E-state index contributed by atoms with van der Waals surface area (Å²) < 4.78 is 79.3. The fourth-order valence-corrected chi connectivity index (χ4v) is 3.43. The molecule has 1 aliphatic heterocycles. The summed E-state index contributed by atoms with van der Waals surface area (Å²) in [7, 11) is 0. The minimum Gasteiger partial charge on any atom is -0.393 e. The van der Waals surface area contributed by atoms with Crippen LogP contribution in [0, 0.1) is 0 Å². The Hall–Kier alpha value is -3.15. The number of alkyl halides is 6. The van der Waals surface area contributed by atoms with Crippen LogP contribution in [0.3, 0.4) is 0 Å². The first-order valence-electron chi connectivity index (χ1n) is 9.62. The van der Waals surface area contributed by atoms with Crippen molar-refractivity contribution >= 4 is 28.4 Å². The Morgan fingerprint density at radius 3 is 2.16 bits per heavy atom. The fourth-order valence-electron chi connectivity index (χ4n) is 3.43. The van der Waals surface area contributed by atoms with Crippen molar-refractivity contribution in [2.45, 2.75) is 31.3 Å². The molecule has 0 saturated carbocycles. The van der Waals surface area contributed by atoms with Crippen molar-refractivity contribution in [1.29, 1.82) is 0 Å². The second kappa shape index (κ2) is 8.08. The number of anilines is 3. The van der Waals surface area contributed by atoms with Gasteiger partial charge in [-0.3, -0.25) is 4.98 Å². The van der Waals surface area contributed by atoms with Crippen LogP contribution in [0.4, 0.5) is 43.8 Å². The molecule has 0 aliphatic carbocycles. The molecule has 0 unspecified atom stereocenters. The normalized spacial score (nSPS) is 15.9. The largest absolute Gasteiger partial charge is 0.416 e. The smallest absolute Gasteiger partial charge is 0.393 e. The number of pyridine rings is 1. The Balaban J connectivity index is 1.78. The number of hydrogen-bond acceptors (Lipinski definition) is 6. The molecular formula is C20H17F6N5O. The number of fused-ring (bicyclic) bond motifs is 1. The lowest BCUT2D eigenvalue weighted by atomic mass is 10.1. The van der Waals surface area contributed by atoms with E-state index in [1.54, 1.807) is 11.0 Å². The van der Waals surface area contributed by atoms with Gasteiger partial charge in [-0.15, -0.1) is 0 Å². The zero-order chi connectivity index (χ0) is 23.1. The van der Waals surface area contributed by atoms with E-state index >= 15 is 0 Å². The number of piperidine rings is 1. The van der Waals surface area contributed by atoms with Crippen LogP contribution in [-0.2, 0) is 12.4 Å². The van der Waals surface area contributed by atoms with E-state index in [4.69, 9.17) is 0 Å². The lowest BCUT2D eigenvalue weighted by Crippen LogP contribution is -2.36. The lowest BCUT2D eigenvalue weighted by Gasteiger charge is -2.30. The number of nitrogens with one attached hydrogen (secondary N) is 1. The molecule has 0 atom stereocenters. The third-order valence-electron chi connectivity index (χ3n) is 5.08. The number of rotatable bonds is 3. The summed E-state index contributed by atoms with van der Waals surface area (Å²) in [6.45, 7) is 0.915. The second-order valence-electron chi connectivity index (χ2n) is 7.40. The summed E-state index contributed by atoms with van der Waals surface area (Å²) in [5, 5.41) is 12.6.